The highest BCUT2D eigenvalue weighted by molar-refractivity contribution is 5.75. The van der Waals surface area contributed by atoms with E-state index in [0.717, 1.165) is 12.8 Å². The van der Waals surface area contributed by atoms with Gasteiger partial charge in [0.15, 0.2) is 0 Å². The summed E-state index contributed by atoms with van der Waals surface area (Å²) in [5.41, 5.74) is 5.21. The number of rotatable bonds is 2. The van der Waals surface area contributed by atoms with Gasteiger partial charge in [0.2, 0.25) is 0 Å². The first-order valence-corrected chi connectivity index (χ1v) is 4.13. The Morgan fingerprint density at radius 2 is 2.58 bits per heavy atom. The van der Waals surface area contributed by atoms with E-state index in [0.29, 0.717) is 13.2 Å². The van der Waals surface area contributed by atoms with Crippen molar-refractivity contribution < 1.29 is 14.4 Å². The summed E-state index contributed by atoms with van der Waals surface area (Å²) >= 11 is 0. The van der Waals surface area contributed by atoms with Crippen molar-refractivity contribution in [3.05, 3.63) is 0 Å². The molecule has 0 aliphatic carbocycles. The SMILES string of the molecule is CCOC(=O)C1CCCONN1. The predicted octanol–water partition coefficient (Wildman–Crippen LogP) is -0.262. The molecule has 0 amide bonds. The molecule has 5 heteroatoms. The van der Waals surface area contributed by atoms with Crippen LogP contribution in [0, 0.1) is 0 Å². The molecule has 0 spiro atoms. The van der Waals surface area contributed by atoms with Crippen molar-refractivity contribution in [1.82, 2.24) is 11.0 Å². The molecule has 1 aliphatic rings. The van der Waals surface area contributed by atoms with Crippen LogP contribution in [0.5, 0.6) is 0 Å². The maximum absolute atomic E-state index is 11.2. The van der Waals surface area contributed by atoms with Gasteiger partial charge < -0.3 is 4.74 Å². The molecule has 0 bridgehead atoms. The lowest BCUT2D eigenvalue weighted by Crippen LogP contribution is -2.44. The first kappa shape index (κ1) is 9.44. The minimum Gasteiger partial charge on any atom is -0.465 e. The summed E-state index contributed by atoms with van der Waals surface area (Å²) in [6.07, 6.45) is 1.59. The van der Waals surface area contributed by atoms with Crippen LogP contribution in [0.25, 0.3) is 0 Å². The first-order chi connectivity index (χ1) is 5.84. The summed E-state index contributed by atoms with van der Waals surface area (Å²) in [5, 5.41) is 0. The van der Waals surface area contributed by atoms with Crippen LogP contribution in [0.3, 0.4) is 0 Å². The van der Waals surface area contributed by atoms with Crippen LogP contribution in [0.4, 0.5) is 0 Å². The van der Waals surface area contributed by atoms with E-state index in [-0.39, 0.29) is 12.0 Å². The number of carbonyl (C=O) groups excluding carboxylic acids is 1. The molecule has 0 aromatic carbocycles. The zero-order chi connectivity index (χ0) is 8.81. The van der Waals surface area contributed by atoms with E-state index in [9.17, 15) is 4.79 Å². The maximum atomic E-state index is 11.2. The van der Waals surface area contributed by atoms with Crippen molar-refractivity contribution in [2.75, 3.05) is 13.2 Å². The van der Waals surface area contributed by atoms with Gasteiger partial charge in [-0.3, -0.25) is 9.63 Å². The van der Waals surface area contributed by atoms with E-state index in [2.05, 4.69) is 11.0 Å². The molecule has 1 rings (SSSR count). The zero-order valence-corrected chi connectivity index (χ0v) is 7.13. The van der Waals surface area contributed by atoms with Gasteiger partial charge in [0.25, 0.3) is 0 Å². The Morgan fingerprint density at radius 1 is 1.75 bits per heavy atom. The van der Waals surface area contributed by atoms with Gasteiger partial charge in [-0.15, -0.1) is 5.59 Å². The van der Waals surface area contributed by atoms with Crippen molar-refractivity contribution in [2.45, 2.75) is 25.8 Å². The Balaban J connectivity index is 2.32. The minimum absolute atomic E-state index is 0.226. The van der Waals surface area contributed by atoms with Crippen molar-refractivity contribution in [2.24, 2.45) is 0 Å². The predicted molar refractivity (Wildman–Crippen MR) is 41.9 cm³/mol. The highest BCUT2D eigenvalue weighted by Crippen LogP contribution is 2.01. The van der Waals surface area contributed by atoms with E-state index in [1.807, 2.05) is 0 Å². The number of ether oxygens (including phenoxy) is 1. The lowest BCUT2D eigenvalue weighted by molar-refractivity contribution is -0.146. The third-order valence-electron chi connectivity index (χ3n) is 1.62. The van der Waals surface area contributed by atoms with E-state index in [1.54, 1.807) is 6.92 Å². The number of hydrogen-bond acceptors (Lipinski definition) is 5. The Kier molecular flexibility index (Phi) is 3.99. The Bertz CT molecular complexity index is 144. The molecule has 5 nitrogen and oxygen atoms in total. The lowest BCUT2D eigenvalue weighted by atomic mass is 10.2. The minimum atomic E-state index is -0.285. The quantitative estimate of drug-likeness (QED) is 0.565. The summed E-state index contributed by atoms with van der Waals surface area (Å²) in [7, 11) is 0. The summed E-state index contributed by atoms with van der Waals surface area (Å²) < 4.78 is 4.84. The fourth-order valence-electron chi connectivity index (χ4n) is 1.02. The third-order valence-corrected chi connectivity index (χ3v) is 1.62. The molecule has 2 N–H and O–H groups in total. The van der Waals surface area contributed by atoms with E-state index >= 15 is 0 Å². The number of hydrogen-bond donors (Lipinski definition) is 2. The average molecular weight is 174 g/mol. The van der Waals surface area contributed by atoms with Gasteiger partial charge >= 0.3 is 5.97 Å². The van der Waals surface area contributed by atoms with Crippen LogP contribution < -0.4 is 11.0 Å². The number of esters is 1. The summed E-state index contributed by atoms with van der Waals surface area (Å²) in [5.74, 6) is -0.226. The topological polar surface area (TPSA) is 59.6 Å². The molecule has 1 saturated heterocycles. The van der Waals surface area contributed by atoms with Gasteiger partial charge in [0.05, 0.1) is 13.2 Å². The Labute approximate surface area is 71.3 Å². The lowest BCUT2D eigenvalue weighted by Gasteiger charge is -2.12. The summed E-state index contributed by atoms with van der Waals surface area (Å²) in [4.78, 5) is 16.1. The monoisotopic (exact) mass is 174 g/mol. The Hall–Kier alpha value is -0.650. The second-order valence-corrected chi connectivity index (χ2v) is 2.54. The van der Waals surface area contributed by atoms with Gasteiger partial charge in [0.1, 0.15) is 6.04 Å². The van der Waals surface area contributed by atoms with E-state index in [4.69, 9.17) is 9.57 Å². The fourth-order valence-corrected chi connectivity index (χ4v) is 1.02. The third kappa shape index (κ3) is 2.77. The number of hydrazine groups is 1. The standard InChI is InChI=1S/C7H14N2O3/c1-2-11-7(10)6-4-3-5-12-9-8-6/h6,8-9H,2-5H2,1H3. The number of carbonyl (C=O) groups is 1. The van der Waals surface area contributed by atoms with Crippen LogP contribution in [-0.4, -0.2) is 25.2 Å². The smallest absolute Gasteiger partial charge is 0.324 e. The fraction of sp³-hybridized carbons (Fsp3) is 0.857. The normalized spacial score (nSPS) is 24.6. The van der Waals surface area contributed by atoms with E-state index in [1.165, 1.54) is 0 Å². The summed E-state index contributed by atoms with van der Waals surface area (Å²) in [6.45, 7) is 2.82. The van der Waals surface area contributed by atoms with Crippen molar-refractivity contribution in [3.8, 4) is 0 Å². The molecule has 0 aromatic rings. The molecular weight excluding hydrogens is 160 g/mol. The Morgan fingerprint density at radius 3 is 3.33 bits per heavy atom. The van der Waals surface area contributed by atoms with Gasteiger partial charge in [-0.1, -0.05) is 0 Å². The van der Waals surface area contributed by atoms with Crippen LogP contribution >= 0.6 is 0 Å². The molecule has 1 atom stereocenters. The molecule has 0 aromatic heterocycles. The van der Waals surface area contributed by atoms with Crippen LogP contribution in [-0.2, 0) is 14.4 Å². The molecule has 1 heterocycles. The van der Waals surface area contributed by atoms with Gasteiger partial charge in [-0.05, 0) is 19.8 Å². The molecule has 1 fully saturated rings. The van der Waals surface area contributed by atoms with Crippen molar-refractivity contribution in [3.63, 3.8) is 0 Å². The van der Waals surface area contributed by atoms with Gasteiger partial charge in [-0.2, -0.15) is 0 Å². The molecular formula is C7H14N2O3. The molecule has 70 valence electrons. The van der Waals surface area contributed by atoms with Crippen LogP contribution in [0.15, 0.2) is 0 Å². The summed E-state index contributed by atoms with van der Waals surface area (Å²) in [6, 6.07) is -0.285. The van der Waals surface area contributed by atoms with Gasteiger partial charge in [0, 0.05) is 0 Å². The average Bonchev–Trinajstić information content (AvgIpc) is 2.32. The van der Waals surface area contributed by atoms with Crippen molar-refractivity contribution >= 4 is 5.97 Å². The molecule has 0 radical (unpaired) electrons. The van der Waals surface area contributed by atoms with Crippen LogP contribution in [0.1, 0.15) is 19.8 Å². The highest BCUT2D eigenvalue weighted by Gasteiger charge is 2.20. The van der Waals surface area contributed by atoms with Crippen LogP contribution in [0.2, 0.25) is 0 Å². The van der Waals surface area contributed by atoms with Crippen molar-refractivity contribution in [1.29, 1.82) is 0 Å². The van der Waals surface area contributed by atoms with E-state index < -0.39 is 0 Å². The largest absolute Gasteiger partial charge is 0.465 e. The second kappa shape index (κ2) is 5.08. The zero-order valence-electron chi connectivity index (χ0n) is 7.13. The maximum Gasteiger partial charge on any atom is 0.324 e. The second-order valence-electron chi connectivity index (χ2n) is 2.54. The number of nitrogens with one attached hydrogen (secondary N) is 2. The highest BCUT2D eigenvalue weighted by atomic mass is 16.7. The molecule has 0 saturated carbocycles. The molecule has 12 heavy (non-hydrogen) atoms. The molecule has 1 aliphatic heterocycles. The van der Waals surface area contributed by atoms with Gasteiger partial charge in [-0.25, -0.2) is 5.43 Å². The molecule has 1 unspecified atom stereocenters. The first-order valence-electron chi connectivity index (χ1n) is 4.13.